The number of aromatic hydroxyl groups is 2. The van der Waals surface area contributed by atoms with E-state index in [1.165, 1.54) is 12.3 Å². The molecule has 0 bridgehead atoms. The van der Waals surface area contributed by atoms with Crippen molar-refractivity contribution in [3.05, 3.63) is 53.6 Å². The summed E-state index contributed by atoms with van der Waals surface area (Å²) in [7, 11) is 0. The van der Waals surface area contributed by atoms with Crippen LogP contribution in [0.15, 0.2) is 47.5 Å². The minimum absolute atomic E-state index is 0.201. The van der Waals surface area contributed by atoms with Crippen LogP contribution in [0.25, 0.3) is 0 Å². The van der Waals surface area contributed by atoms with E-state index in [0.717, 1.165) is 0 Å². The highest BCUT2D eigenvalue weighted by Gasteiger charge is 2.03. The van der Waals surface area contributed by atoms with Crippen LogP contribution in [0.1, 0.15) is 15.9 Å². The van der Waals surface area contributed by atoms with Gasteiger partial charge in [-0.1, -0.05) is 6.07 Å². The maximum Gasteiger partial charge on any atom is 0.248 e. The van der Waals surface area contributed by atoms with Crippen LogP contribution in [0.3, 0.4) is 0 Å². The lowest BCUT2D eigenvalue weighted by molar-refractivity contribution is 0.100. The molecule has 0 saturated carbocycles. The second kappa shape index (κ2) is 5.22. The van der Waals surface area contributed by atoms with Gasteiger partial charge in [0.25, 0.3) is 0 Å². The van der Waals surface area contributed by atoms with Crippen molar-refractivity contribution in [2.75, 3.05) is 0 Å². The van der Waals surface area contributed by atoms with Gasteiger partial charge in [-0.05, 0) is 36.4 Å². The van der Waals surface area contributed by atoms with E-state index in [9.17, 15) is 15.0 Å². The topological polar surface area (TPSA) is 95.9 Å². The highest BCUT2D eigenvalue weighted by atomic mass is 16.3. The van der Waals surface area contributed by atoms with Crippen molar-refractivity contribution in [1.29, 1.82) is 0 Å². The van der Waals surface area contributed by atoms with Gasteiger partial charge in [-0.2, -0.15) is 0 Å². The first kappa shape index (κ1) is 12.6. The summed E-state index contributed by atoms with van der Waals surface area (Å²) in [5.74, 6) is -0.922. The molecule has 0 aliphatic carbocycles. The lowest BCUT2D eigenvalue weighted by Crippen LogP contribution is -2.10. The fourth-order valence-corrected chi connectivity index (χ4v) is 1.51. The molecule has 5 nitrogen and oxygen atoms in total. The molecule has 0 unspecified atom stereocenters. The number of carbonyl (C=O) groups excluding carboxylic acids is 1. The van der Waals surface area contributed by atoms with Crippen LogP contribution >= 0.6 is 0 Å². The van der Waals surface area contributed by atoms with Gasteiger partial charge in [-0.25, -0.2) is 0 Å². The largest absolute Gasteiger partial charge is 0.504 e. The molecular weight excluding hydrogens is 244 g/mol. The standard InChI is InChI=1S/C14H12N2O3/c15-14(19)9-4-6-11(7-5-9)16-8-10-2-1-3-12(17)13(10)18/h1-8,17-18H,(H2,15,19). The third-order valence-electron chi connectivity index (χ3n) is 2.55. The van der Waals surface area contributed by atoms with Crippen molar-refractivity contribution in [3.8, 4) is 11.5 Å². The number of amides is 1. The number of nitrogens with two attached hydrogens (primary N) is 1. The Labute approximate surface area is 109 Å². The summed E-state index contributed by atoms with van der Waals surface area (Å²) in [4.78, 5) is 15.0. The van der Waals surface area contributed by atoms with Crippen molar-refractivity contribution < 1.29 is 15.0 Å². The minimum Gasteiger partial charge on any atom is -0.504 e. The van der Waals surface area contributed by atoms with Crippen molar-refractivity contribution in [2.45, 2.75) is 0 Å². The number of hydrogen-bond donors (Lipinski definition) is 3. The number of nitrogens with zero attached hydrogens (tertiary/aromatic N) is 1. The predicted octanol–water partition coefficient (Wildman–Crippen LogP) is 1.95. The van der Waals surface area contributed by atoms with Gasteiger partial charge in [0.2, 0.25) is 5.91 Å². The highest BCUT2D eigenvalue weighted by molar-refractivity contribution is 5.93. The Morgan fingerprint density at radius 1 is 1.11 bits per heavy atom. The van der Waals surface area contributed by atoms with E-state index in [2.05, 4.69) is 4.99 Å². The Kier molecular flexibility index (Phi) is 3.47. The summed E-state index contributed by atoms with van der Waals surface area (Å²) in [5.41, 5.74) is 6.54. The quantitative estimate of drug-likeness (QED) is 0.578. The summed E-state index contributed by atoms with van der Waals surface area (Å²) in [6.07, 6.45) is 1.42. The Balaban J connectivity index is 2.23. The van der Waals surface area contributed by atoms with Gasteiger partial charge >= 0.3 is 0 Å². The number of para-hydroxylation sites is 1. The normalized spacial score (nSPS) is 10.7. The van der Waals surface area contributed by atoms with Gasteiger partial charge in [0.15, 0.2) is 11.5 Å². The Morgan fingerprint density at radius 3 is 2.42 bits per heavy atom. The second-order valence-electron chi connectivity index (χ2n) is 3.88. The first-order valence-electron chi connectivity index (χ1n) is 5.53. The zero-order chi connectivity index (χ0) is 13.8. The Bertz CT molecular complexity index is 634. The summed E-state index contributed by atoms with van der Waals surface area (Å²) in [5, 5.41) is 18.9. The first-order valence-corrected chi connectivity index (χ1v) is 5.53. The highest BCUT2D eigenvalue weighted by Crippen LogP contribution is 2.27. The Hall–Kier alpha value is -2.82. The number of rotatable bonds is 3. The van der Waals surface area contributed by atoms with E-state index in [1.807, 2.05) is 0 Å². The average molecular weight is 256 g/mol. The van der Waals surface area contributed by atoms with Crippen molar-refractivity contribution in [2.24, 2.45) is 10.7 Å². The molecule has 4 N–H and O–H groups in total. The number of primary amides is 1. The summed E-state index contributed by atoms with van der Waals surface area (Å²) < 4.78 is 0. The fraction of sp³-hybridized carbons (Fsp3) is 0. The molecule has 0 radical (unpaired) electrons. The second-order valence-corrected chi connectivity index (χ2v) is 3.88. The van der Waals surface area contributed by atoms with Crippen LogP contribution in [-0.2, 0) is 0 Å². The molecule has 2 aromatic rings. The number of phenols is 2. The maximum absolute atomic E-state index is 10.9. The molecule has 19 heavy (non-hydrogen) atoms. The monoisotopic (exact) mass is 256 g/mol. The zero-order valence-electron chi connectivity index (χ0n) is 9.95. The predicted molar refractivity (Wildman–Crippen MR) is 72.0 cm³/mol. The summed E-state index contributed by atoms with van der Waals surface area (Å²) in [6, 6.07) is 11.0. The molecule has 96 valence electrons. The van der Waals surface area contributed by atoms with Crippen molar-refractivity contribution >= 4 is 17.8 Å². The average Bonchev–Trinajstić information content (AvgIpc) is 2.41. The van der Waals surface area contributed by atoms with E-state index >= 15 is 0 Å². The molecule has 0 aliphatic heterocycles. The van der Waals surface area contributed by atoms with Gasteiger partial charge < -0.3 is 15.9 Å². The molecule has 0 aliphatic rings. The number of carbonyl (C=O) groups is 1. The minimum atomic E-state index is -0.499. The molecule has 2 aromatic carbocycles. The number of aliphatic imine (C=N–C) groups is 1. The van der Waals surface area contributed by atoms with Crippen LogP contribution in [0.2, 0.25) is 0 Å². The fourth-order valence-electron chi connectivity index (χ4n) is 1.51. The molecule has 0 spiro atoms. The molecule has 0 aromatic heterocycles. The van der Waals surface area contributed by atoms with Crippen molar-refractivity contribution in [3.63, 3.8) is 0 Å². The van der Waals surface area contributed by atoms with Crippen LogP contribution < -0.4 is 5.73 Å². The molecule has 0 atom stereocenters. The number of hydrogen-bond acceptors (Lipinski definition) is 4. The number of benzene rings is 2. The van der Waals surface area contributed by atoms with Crippen LogP contribution in [-0.4, -0.2) is 22.3 Å². The van der Waals surface area contributed by atoms with Gasteiger partial charge in [0, 0.05) is 17.3 Å². The molecule has 5 heteroatoms. The summed E-state index contributed by atoms with van der Waals surface area (Å²) >= 11 is 0. The van der Waals surface area contributed by atoms with Gasteiger partial charge in [-0.3, -0.25) is 9.79 Å². The molecule has 2 rings (SSSR count). The lowest BCUT2D eigenvalue weighted by Gasteiger charge is -2.00. The molecule has 0 fully saturated rings. The first-order chi connectivity index (χ1) is 9.08. The third kappa shape index (κ3) is 2.90. The van der Waals surface area contributed by atoms with E-state index in [0.29, 0.717) is 16.8 Å². The van der Waals surface area contributed by atoms with Crippen LogP contribution in [0.5, 0.6) is 11.5 Å². The van der Waals surface area contributed by atoms with E-state index in [4.69, 9.17) is 5.73 Å². The van der Waals surface area contributed by atoms with Gasteiger partial charge in [0.1, 0.15) is 0 Å². The van der Waals surface area contributed by atoms with Crippen LogP contribution in [0, 0.1) is 0 Å². The zero-order valence-corrected chi connectivity index (χ0v) is 9.95. The SMILES string of the molecule is NC(=O)c1ccc(N=Cc2cccc(O)c2O)cc1. The number of phenolic OH excluding ortho intramolecular Hbond substituents is 2. The smallest absolute Gasteiger partial charge is 0.248 e. The van der Waals surface area contributed by atoms with E-state index < -0.39 is 5.91 Å². The lowest BCUT2D eigenvalue weighted by atomic mass is 10.2. The molecular formula is C14H12N2O3. The van der Waals surface area contributed by atoms with E-state index in [1.54, 1.807) is 36.4 Å². The summed E-state index contributed by atoms with van der Waals surface area (Å²) in [6.45, 7) is 0. The maximum atomic E-state index is 10.9. The Morgan fingerprint density at radius 2 is 1.79 bits per heavy atom. The van der Waals surface area contributed by atoms with Gasteiger partial charge in [0.05, 0.1) is 5.69 Å². The molecule has 1 amide bonds. The molecule has 0 heterocycles. The van der Waals surface area contributed by atoms with E-state index in [-0.39, 0.29) is 11.5 Å². The third-order valence-corrected chi connectivity index (χ3v) is 2.55. The van der Waals surface area contributed by atoms with Crippen molar-refractivity contribution in [1.82, 2.24) is 0 Å². The molecule has 0 saturated heterocycles. The van der Waals surface area contributed by atoms with Gasteiger partial charge in [-0.15, -0.1) is 0 Å². The van der Waals surface area contributed by atoms with Crippen LogP contribution in [0.4, 0.5) is 5.69 Å².